The van der Waals surface area contributed by atoms with Crippen LogP contribution >= 0.6 is 0 Å². The van der Waals surface area contributed by atoms with Crippen molar-refractivity contribution < 1.29 is 0 Å². The van der Waals surface area contributed by atoms with E-state index in [1.807, 2.05) is 13.1 Å². The van der Waals surface area contributed by atoms with Crippen LogP contribution < -0.4 is 11.0 Å². The van der Waals surface area contributed by atoms with E-state index in [-0.39, 0.29) is 5.69 Å². The SMILES string of the molecule is CCCNC(C)Cn1cc(C)cnc1=O. The Balaban J connectivity index is 2.63. The summed E-state index contributed by atoms with van der Waals surface area (Å²) in [5, 5.41) is 3.34. The molecule has 0 aromatic carbocycles. The van der Waals surface area contributed by atoms with Crippen molar-refractivity contribution in [2.75, 3.05) is 6.54 Å². The maximum absolute atomic E-state index is 11.4. The lowest BCUT2D eigenvalue weighted by atomic mass is 10.3. The number of rotatable bonds is 5. The summed E-state index contributed by atoms with van der Waals surface area (Å²) in [7, 11) is 0. The van der Waals surface area contributed by atoms with Crippen LogP contribution in [0.1, 0.15) is 25.8 Å². The van der Waals surface area contributed by atoms with Crippen LogP contribution in [0.3, 0.4) is 0 Å². The van der Waals surface area contributed by atoms with Crippen LogP contribution in [0.15, 0.2) is 17.2 Å². The van der Waals surface area contributed by atoms with Crippen molar-refractivity contribution in [1.29, 1.82) is 0 Å². The molecule has 0 bridgehead atoms. The molecule has 15 heavy (non-hydrogen) atoms. The largest absolute Gasteiger partial charge is 0.347 e. The molecule has 0 aliphatic carbocycles. The molecule has 4 heteroatoms. The van der Waals surface area contributed by atoms with Gasteiger partial charge in [0, 0.05) is 25.0 Å². The first-order valence-corrected chi connectivity index (χ1v) is 5.40. The number of hydrogen-bond donors (Lipinski definition) is 1. The summed E-state index contributed by atoms with van der Waals surface area (Å²) in [4.78, 5) is 15.2. The monoisotopic (exact) mass is 209 g/mol. The van der Waals surface area contributed by atoms with Crippen molar-refractivity contribution >= 4 is 0 Å². The minimum Gasteiger partial charge on any atom is -0.312 e. The molecule has 1 atom stereocenters. The zero-order chi connectivity index (χ0) is 11.3. The summed E-state index contributed by atoms with van der Waals surface area (Å²) in [5.74, 6) is 0. The van der Waals surface area contributed by atoms with Gasteiger partial charge in [-0.3, -0.25) is 4.57 Å². The van der Waals surface area contributed by atoms with Gasteiger partial charge in [0.05, 0.1) is 0 Å². The smallest absolute Gasteiger partial charge is 0.312 e. The highest BCUT2D eigenvalue weighted by atomic mass is 16.1. The van der Waals surface area contributed by atoms with Crippen molar-refractivity contribution in [2.24, 2.45) is 0 Å². The zero-order valence-electron chi connectivity index (χ0n) is 9.66. The van der Waals surface area contributed by atoms with Gasteiger partial charge in [-0.25, -0.2) is 9.78 Å². The molecule has 0 saturated carbocycles. The Morgan fingerprint density at radius 2 is 2.33 bits per heavy atom. The second-order valence-corrected chi connectivity index (χ2v) is 3.92. The number of aryl methyl sites for hydroxylation is 1. The summed E-state index contributed by atoms with van der Waals surface area (Å²) in [6.07, 6.45) is 4.55. The zero-order valence-corrected chi connectivity index (χ0v) is 9.66. The van der Waals surface area contributed by atoms with Gasteiger partial charge in [-0.2, -0.15) is 0 Å². The molecule has 0 radical (unpaired) electrons. The molecule has 1 unspecified atom stereocenters. The average Bonchev–Trinajstić information content (AvgIpc) is 2.20. The maximum atomic E-state index is 11.4. The molecule has 4 nitrogen and oxygen atoms in total. The molecule has 0 aliphatic heterocycles. The van der Waals surface area contributed by atoms with Crippen LogP contribution in [0.5, 0.6) is 0 Å². The molecule has 0 aliphatic rings. The minimum atomic E-state index is -0.175. The maximum Gasteiger partial charge on any atom is 0.347 e. The Hall–Kier alpha value is -1.16. The predicted molar refractivity (Wildman–Crippen MR) is 61.0 cm³/mol. The molecular weight excluding hydrogens is 190 g/mol. The summed E-state index contributed by atoms with van der Waals surface area (Å²) < 4.78 is 1.66. The third-order valence-corrected chi connectivity index (χ3v) is 2.20. The summed E-state index contributed by atoms with van der Waals surface area (Å²) >= 11 is 0. The fourth-order valence-electron chi connectivity index (χ4n) is 1.45. The summed E-state index contributed by atoms with van der Waals surface area (Å²) in [6.45, 7) is 7.79. The molecule has 84 valence electrons. The normalized spacial score (nSPS) is 12.7. The van der Waals surface area contributed by atoms with Gasteiger partial charge in [0.1, 0.15) is 0 Å². The molecule has 1 aromatic heterocycles. The van der Waals surface area contributed by atoms with Crippen LogP contribution in [-0.2, 0) is 6.54 Å². The van der Waals surface area contributed by atoms with Gasteiger partial charge in [-0.15, -0.1) is 0 Å². The fraction of sp³-hybridized carbons (Fsp3) is 0.636. The standard InChI is InChI=1S/C11H19N3O/c1-4-5-12-10(3)8-14-7-9(2)6-13-11(14)15/h6-7,10,12H,4-5,8H2,1-3H3. The third-order valence-electron chi connectivity index (χ3n) is 2.20. The minimum absolute atomic E-state index is 0.175. The van der Waals surface area contributed by atoms with Crippen LogP contribution in [0, 0.1) is 6.92 Å². The van der Waals surface area contributed by atoms with Crippen LogP contribution in [-0.4, -0.2) is 22.1 Å². The molecule has 1 heterocycles. The first-order valence-electron chi connectivity index (χ1n) is 5.40. The van der Waals surface area contributed by atoms with Gasteiger partial charge in [0.15, 0.2) is 0 Å². The lowest BCUT2D eigenvalue weighted by Gasteiger charge is -2.14. The van der Waals surface area contributed by atoms with Crippen LogP contribution in [0.2, 0.25) is 0 Å². The Bertz CT molecular complexity index is 359. The molecule has 0 spiro atoms. The van der Waals surface area contributed by atoms with E-state index in [0.29, 0.717) is 12.6 Å². The van der Waals surface area contributed by atoms with Crippen LogP contribution in [0.25, 0.3) is 0 Å². The predicted octanol–water partition coefficient (Wildman–Crippen LogP) is 0.940. The highest BCUT2D eigenvalue weighted by molar-refractivity contribution is 4.99. The highest BCUT2D eigenvalue weighted by Crippen LogP contribution is 1.92. The molecule has 1 aromatic rings. The molecule has 0 fully saturated rings. The van der Waals surface area contributed by atoms with E-state index in [2.05, 4.69) is 24.1 Å². The Labute approximate surface area is 90.3 Å². The Morgan fingerprint density at radius 3 is 3.00 bits per heavy atom. The fourth-order valence-corrected chi connectivity index (χ4v) is 1.45. The number of hydrogen-bond acceptors (Lipinski definition) is 3. The van der Waals surface area contributed by atoms with E-state index < -0.39 is 0 Å². The highest BCUT2D eigenvalue weighted by Gasteiger charge is 2.03. The second kappa shape index (κ2) is 5.66. The van der Waals surface area contributed by atoms with Crippen molar-refractivity contribution in [3.8, 4) is 0 Å². The number of nitrogens with one attached hydrogen (secondary N) is 1. The van der Waals surface area contributed by atoms with E-state index in [4.69, 9.17) is 0 Å². The van der Waals surface area contributed by atoms with E-state index in [0.717, 1.165) is 18.5 Å². The molecule has 1 rings (SSSR count). The van der Waals surface area contributed by atoms with E-state index >= 15 is 0 Å². The number of aromatic nitrogens is 2. The van der Waals surface area contributed by atoms with E-state index in [9.17, 15) is 4.79 Å². The van der Waals surface area contributed by atoms with Gasteiger partial charge in [-0.05, 0) is 32.4 Å². The first kappa shape index (κ1) is 11.9. The lowest BCUT2D eigenvalue weighted by Crippen LogP contribution is -2.35. The average molecular weight is 209 g/mol. The summed E-state index contributed by atoms with van der Waals surface area (Å²) in [6, 6.07) is 0.297. The molecular formula is C11H19N3O. The molecule has 1 N–H and O–H groups in total. The second-order valence-electron chi connectivity index (χ2n) is 3.92. The van der Waals surface area contributed by atoms with Gasteiger partial charge >= 0.3 is 5.69 Å². The van der Waals surface area contributed by atoms with Crippen molar-refractivity contribution in [2.45, 2.75) is 39.8 Å². The van der Waals surface area contributed by atoms with Gasteiger partial charge < -0.3 is 5.32 Å². The van der Waals surface area contributed by atoms with Crippen LogP contribution in [0.4, 0.5) is 0 Å². The summed E-state index contributed by atoms with van der Waals surface area (Å²) in [5.41, 5.74) is 0.836. The van der Waals surface area contributed by atoms with Gasteiger partial charge in [-0.1, -0.05) is 6.92 Å². The van der Waals surface area contributed by atoms with Crippen molar-refractivity contribution in [3.63, 3.8) is 0 Å². The van der Waals surface area contributed by atoms with E-state index in [1.54, 1.807) is 10.8 Å². The van der Waals surface area contributed by atoms with Gasteiger partial charge in [0.2, 0.25) is 0 Å². The van der Waals surface area contributed by atoms with Gasteiger partial charge in [0.25, 0.3) is 0 Å². The first-order chi connectivity index (χ1) is 7.13. The van der Waals surface area contributed by atoms with Crippen molar-refractivity contribution in [1.82, 2.24) is 14.9 Å². The number of nitrogens with zero attached hydrogens (tertiary/aromatic N) is 2. The third kappa shape index (κ3) is 3.83. The quantitative estimate of drug-likeness (QED) is 0.785. The topological polar surface area (TPSA) is 46.9 Å². The Morgan fingerprint density at radius 1 is 1.60 bits per heavy atom. The lowest BCUT2D eigenvalue weighted by molar-refractivity contribution is 0.464. The molecule has 0 amide bonds. The van der Waals surface area contributed by atoms with Crippen molar-refractivity contribution in [3.05, 3.63) is 28.4 Å². The Kier molecular flexibility index (Phi) is 4.49. The van der Waals surface area contributed by atoms with E-state index in [1.165, 1.54) is 0 Å². The molecule has 0 saturated heterocycles.